The normalized spacial score (nSPS) is 10.5. The van der Waals surface area contributed by atoms with Crippen molar-refractivity contribution in [3.8, 4) is 11.4 Å². The Morgan fingerprint density at radius 3 is 2.46 bits per heavy atom. The van der Waals surface area contributed by atoms with Crippen LogP contribution >= 0.6 is 11.6 Å². The number of halogens is 1. The second-order valence-corrected chi connectivity index (χ2v) is 5.89. The van der Waals surface area contributed by atoms with Crippen molar-refractivity contribution < 1.29 is 9.72 Å². The van der Waals surface area contributed by atoms with E-state index in [0.29, 0.717) is 27.8 Å². The van der Waals surface area contributed by atoms with Crippen LogP contribution in [-0.4, -0.2) is 25.6 Å². The minimum atomic E-state index is -0.465. The Labute approximate surface area is 153 Å². The number of amides is 1. The number of nitrogens with zero attached hydrogens (tertiary/aromatic N) is 4. The Morgan fingerprint density at radius 2 is 1.85 bits per heavy atom. The number of hydrogen-bond donors (Lipinski definition) is 1. The van der Waals surface area contributed by atoms with Crippen LogP contribution in [0.25, 0.3) is 11.4 Å². The van der Waals surface area contributed by atoms with Crippen molar-refractivity contribution in [2.24, 2.45) is 0 Å². The van der Waals surface area contributed by atoms with Crippen LogP contribution in [0.5, 0.6) is 0 Å². The second-order valence-electron chi connectivity index (χ2n) is 5.46. The molecule has 0 spiro atoms. The largest absolute Gasteiger partial charge is 0.333 e. The molecule has 132 valence electrons. The maximum atomic E-state index is 12.1. The summed E-state index contributed by atoms with van der Waals surface area (Å²) in [6, 6.07) is 12.5. The smallest absolute Gasteiger partial charge is 0.269 e. The molecule has 0 atom stereocenters. The summed E-state index contributed by atoms with van der Waals surface area (Å²) >= 11 is 5.81. The highest BCUT2D eigenvalue weighted by molar-refractivity contribution is 6.30. The molecule has 2 aromatic carbocycles. The molecule has 1 aromatic heterocycles. The van der Waals surface area contributed by atoms with Gasteiger partial charge < -0.3 is 5.32 Å². The fraction of sp³-hybridized carbons (Fsp3) is 0.118. The molecule has 0 radical (unpaired) electrons. The van der Waals surface area contributed by atoms with Crippen molar-refractivity contribution in [3.63, 3.8) is 0 Å². The van der Waals surface area contributed by atoms with Gasteiger partial charge >= 0.3 is 0 Å². The van der Waals surface area contributed by atoms with Crippen molar-refractivity contribution in [2.75, 3.05) is 0 Å². The highest BCUT2D eigenvalue weighted by atomic mass is 35.5. The molecule has 0 saturated heterocycles. The number of nitro groups is 1. The first-order chi connectivity index (χ1) is 12.4. The summed E-state index contributed by atoms with van der Waals surface area (Å²) in [6.07, 6.45) is 0. The third-order valence-electron chi connectivity index (χ3n) is 3.69. The summed E-state index contributed by atoms with van der Waals surface area (Å²) in [5.74, 6) is 0.779. The van der Waals surface area contributed by atoms with E-state index in [2.05, 4.69) is 15.4 Å². The average molecular weight is 372 g/mol. The summed E-state index contributed by atoms with van der Waals surface area (Å²) < 4.78 is 1.55. The molecule has 1 heterocycles. The number of rotatable bonds is 5. The van der Waals surface area contributed by atoms with Gasteiger partial charge in [-0.2, -0.15) is 0 Å². The first-order valence-electron chi connectivity index (χ1n) is 7.64. The van der Waals surface area contributed by atoms with Gasteiger partial charge in [0, 0.05) is 28.3 Å². The Bertz CT molecular complexity index is 952. The van der Waals surface area contributed by atoms with Crippen LogP contribution in [0.2, 0.25) is 5.02 Å². The molecule has 0 aliphatic carbocycles. The van der Waals surface area contributed by atoms with Gasteiger partial charge in [0.2, 0.25) is 0 Å². The van der Waals surface area contributed by atoms with Gasteiger partial charge in [0.25, 0.3) is 11.6 Å². The lowest BCUT2D eigenvalue weighted by Gasteiger charge is -2.06. The molecule has 0 saturated carbocycles. The van der Waals surface area contributed by atoms with E-state index in [9.17, 15) is 14.9 Å². The van der Waals surface area contributed by atoms with Gasteiger partial charge in [0.05, 0.1) is 4.92 Å². The third kappa shape index (κ3) is 3.86. The Morgan fingerprint density at radius 1 is 1.19 bits per heavy atom. The number of nitrogens with one attached hydrogen (secondary N) is 1. The van der Waals surface area contributed by atoms with Gasteiger partial charge in [-0.1, -0.05) is 11.6 Å². The first-order valence-corrected chi connectivity index (χ1v) is 8.02. The van der Waals surface area contributed by atoms with E-state index in [0.717, 1.165) is 0 Å². The zero-order valence-electron chi connectivity index (χ0n) is 13.7. The lowest BCUT2D eigenvalue weighted by atomic mass is 10.2. The van der Waals surface area contributed by atoms with Crippen LogP contribution < -0.4 is 5.32 Å². The molecule has 8 nitrogen and oxygen atoms in total. The standard InChI is InChI=1S/C17H14ClN5O3/c1-11-20-16(12-4-8-15(9-5-12)23(25)26)21-22(11)10-19-17(24)13-2-6-14(18)7-3-13/h2-9H,10H2,1H3,(H,19,24). The van der Waals surface area contributed by atoms with Crippen LogP contribution in [0, 0.1) is 17.0 Å². The van der Waals surface area contributed by atoms with Gasteiger partial charge in [-0.25, -0.2) is 9.67 Å². The van der Waals surface area contributed by atoms with E-state index in [1.165, 1.54) is 12.1 Å². The number of carbonyl (C=O) groups excluding carboxylic acids is 1. The fourth-order valence-electron chi connectivity index (χ4n) is 2.27. The van der Waals surface area contributed by atoms with Crippen molar-refractivity contribution in [2.45, 2.75) is 13.6 Å². The third-order valence-corrected chi connectivity index (χ3v) is 3.94. The molecular weight excluding hydrogens is 358 g/mol. The molecule has 0 aliphatic rings. The Balaban J connectivity index is 1.71. The van der Waals surface area contributed by atoms with Crippen LogP contribution in [0.3, 0.4) is 0 Å². The van der Waals surface area contributed by atoms with Crippen molar-refractivity contribution in [1.82, 2.24) is 20.1 Å². The molecule has 26 heavy (non-hydrogen) atoms. The summed E-state index contributed by atoms with van der Waals surface area (Å²) in [7, 11) is 0. The molecule has 0 unspecified atom stereocenters. The quantitative estimate of drug-likeness (QED) is 0.548. The Kier molecular flexibility index (Phi) is 4.94. The van der Waals surface area contributed by atoms with E-state index in [1.807, 2.05) is 0 Å². The minimum Gasteiger partial charge on any atom is -0.333 e. The lowest BCUT2D eigenvalue weighted by Crippen LogP contribution is -2.27. The van der Waals surface area contributed by atoms with Gasteiger partial charge in [0.15, 0.2) is 5.82 Å². The molecule has 9 heteroatoms. The minimum absolute atomic E-state index is 0.000123. The fourth-order valence-corrected chi connectivity index (χ4v) is 2.40. The Hall–Kier alpha value is -3.26. The van der Waals surface area contributed by atoms with Gasteiger partial charge in [-0.05, 0) is 43.3 Å². The zero-order valence-corrected chi connectivity index (χ0v) is 14.5. The summed E-state index contributed by atoms with van der Waals surface area (Å²) in [5, 5.41) is 18.4. The highest BCUT2D eigenvalue weighted by Crippen LogP contribution is 2.19. The van der Waals surface area contributed by atoms with Gasteiger partial charge in [0.1, 0.15) is 12.5 Å². The topological polar surface area (TPSA) is 103 Å². The number of aromatic nitrogens is 3. The van der Waals surface area contributed by atoms with Gasteiger partial charge in [-0.3, -0.25) is 14.9 Å². The van der Waals surface area contributed by atoms with Crippen molar-refractivity contribution in [3.05, 3.63) is 75.1 Å². The van der Waals surface area contributed by atoms with E-state index in [4.69, 9.17) is 11.6 Å². The van der Waals surface area contributed by atoms with Crippen molar-refractivity contribution >= 4 is 23.2 Å². The number of hydrogen-bond acceptors (Lipinski definition) is 5. The molecule has 1 N–H and O–H groups in total. The van der Waals surface area contributed by atoms with Crippen LogP contribution in [0.15, 0.2) is 48.5 Å². The molecular formula is C17H14ClN5O3. The summed E-state index contributed by atoms with van der Waals surface area (Å²) in [5.41, 5.74) is 1.14. The number of benzene rings is 2. The van der Waals surface area contributed by atoms with E-state index >= 15 is 0 Å². The van der Waals surface area contributed by atoms with Gasteiger partial charge in [-0.15, -0.1) is 5.10 Å². The molecule has 3 rings (SSSR count). The predicted octanol–water partition coefficient (Wildman–Crippen LogP) is 3.20. The van der Waals surface area contributed by atoms with E-state index < -0.39 is 4.92 Å². The van der Waals surface area contributed by atoms with E-state index in [-0.39, 0.29) is 18.3 Å². The molecule has 0 aliphatic heterocycles. The lowest BCUT2D eigenvalue weighted by molar-refractivity contribution is -0.384. The van der Waals surface area contributed by atoms with E-state index in [1.54, 1.807) is 48.0 Å². The maximum absolute atomic E-state index is 12.1. The number of aryl methyl sites for hydroxylation is 1. The summed E-state index contributed by atoms with van der Waals surface area (Å²) in [4.78, 5) is 26.7. The molecule has 0 fully saturated rings. The van der Waals surface area contributed by atoms with Crippen molar-refractivity contribution in [1.29, 1.82) is 0 Å². The molecule has 1 amide bonds. The SMILES string of the molecule is Cc1nc(-c2ccc([N+](=O)[O-])cc2)nn1CNC(=O)c1ccc(Cl)cc1. The van der Waals surface area contributed by atoms with Crippen LogP contribution in [-0.2, 0) is 6.67 Å². The summed E-state index contributed by atoms with van der Waals surface area (Å²) in [6.45, 7) is 1.91. The zero-order chi connectivity index (χ0) is 18.7. The average Bonchev–Trinajstić information content (AvgIpc) is 3.01. The first kappa shape index (κ1) is 17.6. The second kappa shape index (κ2) is 7.32. The number of carbonyl (C=O) groups is 1. The maximum Gasteiger partial charge on any atom is 0.269 e. The molecule has 3 aromatic rings. The predicted molar refractivity (Wildman–Crippen MR) is 95.8 cm³/mol. The monoisotopic (exact) mass is 371 g/mol. The highest BCUT2D eigenvalue weighted by Gasteiger charge is 2.12. The number of nitro benzene ring substituents is 1. The van der Waals surface area contributed by atoms with Crippen LogP contribution in [0.4, 0.5) is 5.69 Å². The molecule has 0 bridgehead atoms. The van der Waals surface area contributed by atoms with Crippen LogP contribution in [0.1, 0.15) is 16.2 Å². The number of non-ortho nitro benzene ring substituents is 1.